The van der Waals surface area contributed by atoms with Gasteiger partial charge in [0.2, 0.25) is 0 Å². The molecule has 0 amide bonds. The molecule has 2 aromatic heterocycles. The molecule has 0 fully saturated rings. The predicted molar refractivity (Wildman–Crippen MR) is 48.9 cm³/mol. The Bertz CT molecular complexity index is 390. The summed E-state index contributed by atoms with van der Waals surface area (Å²) < 4.78 is 0. The van der Waals surface area contributed by atoms with Crippen LogP contribution in [0, 0.1) is 0 Å². The van der Waals surface area contributed by atoms with Gasteiger partial charge < -0.3 is 0 Å². The van der Waals surface area contributed by atoms with E-state index in [1.165, 1.54) is 10.9 Å². The molecule has 2 heteroatoms. The molecule has 2 heterocycles. The van der Waals surface area contributed by atoms with Crippen LogP contribution in [0.1, 0.15) is 12.5 Å². The Morgan fingerprint density at radius 2 is 2.25 bits per heavy atom. The minimum absolute atomic E-state index is 0.983. The second-order valence-electron chi connectivity index (χ2n) is 2.72. The summed E-state index contributed by atoms with van der Waals surface area (Å²) in [6.07, 6.45) is 6.51. The maximum Gasteiger partial charge on any atom is 0.0887 e. The van der Waals surface area contributed by atoms with Crippen molar-refractivity contribution < 1.29 is 0 Å². The van der Waals surface area contributed by atoms with Crippen molar-refractivity contribution in [1.29, 1.82) is 0 Å². The van der Waals surface area contributed by atoms with Gasteiger partial charge in [-0.1, -0.05) is 13.0 Å². The fraction of sp³-hybridized carbons (Fsp3) is 0.200. The van der Waals surface area contributed by atoms with Crippen LogP contribution >= 0.6 is 0 Å². The fourth-order valence-electron chi connectivity index (χ4n) is 1.34. The standard InChI is InChI=1S/C10H10N2/c1-2-8-6-11-7-10-9(8)4-3-5-12-10/h3-7H,2H2,1H3. The van der Waals surface area contributed by atoms with Crippen molar-refractivity contribution in [2.45, 2.75) is 13.3 Å². The average Bonchev–Trinajstić information content (AvgIpc) is 2.17. The normalized spacial score (nSPS) is 10.4. The minimum Gasteiger partial charge on any atom is -0.262 e. The first kappa shape index (κ1) is 7.22. The molecule has 0 N–H and O–H groups in total. The Kier molecular flexibility index (Phi) is 1.74. The fourth-order valence-corrected chi connectivity index (χ4v) is 1.34. The number of hydrogen-bond acceptors (Lipinski definition) is 2. The molecule has 60 valence electrons. The molecule has 2 nitrogen and oxygen atoms in total. The SMILES string of the molecule is CCc1cncc2ncccc12. The van der Waals surface area contributed by atoms with Crippen molar-refractivity contribution in [2.24, 2.45) is 0 Å². The van der Waals surface area contributed by atoms with E-state index in [1.807, 2.05) is 12.3 Å². The molecular weight excluding hydrogens is 148 g/mol. The van der Waals surface area contributed by atoms with Crippen LogP contribution in [0.25, 0.3) is 10.9 Å². The number of aromatic nitrogens is 2. The number of aryl methyl sites for hydroxylation is 1. The second kappa shape index (κ2) is 2.89. The molecule has 2 rings (SSSR count). The zero-order chi connectivity index (χ0) is 8.39. The highest BCUT2D eigenvalue weighted by Gasteiger charge is 1.97. The largest absolute Gasteiger partial charge is 0.262 e. The van der Waals surface area contributed by atoms with Crippen LogP contribution in [0.2, 0.25) is 0 Å². The molecule has 0 saturated carbocycles. The van der Waals surface area contributed by atoms with Gasteiger partial charge in [0.25, 0.3) is 0 Å². The lowest BCUT2D eigenvalue weighted by Gasteiger charge is -2.00. The van der Waals surface area contributed by atoms with Crippen LogP contribution in [0.3, 0.4) is 0 Å². The van der Waals surface area contributed by atoms with Crippen molar-refractivity contribution in [2.75, 3.05) is 0 Å². The van der Waals surface area contributed by atoms with Crippen LogP contribution in [-0.4, -0.2) is 9.97 Å². The Labute approximate surface area is 71.3 Å². The predicted octanol–water partition coefficient (Wildman–Crippen LogP) is 2.19. The third-order valence-corrected chi connectivity index (χ3v) is 1.99. The molecule has 0 radical (unpaired) electrons. The van der Waals surface area contributed by atoms with Crippen LogP contribution in [-0.2, 0) is 6.42 Å². The summed E-state index contributed by atoms with van der Waals surface area (Å²) in [5, 5.41) is 1.22. The van der Waals surface area contributed by atoms with Gasteiger partial charge in [-0.15, -0.1) is 0 Å². The monoisotopic (exact) mass is 158 g/mol. The molecule has 0 aliphatic heterocycles. The Morgan fingerprint density at radius 3 is 3.08 bits per heavy atom. The lowest BCUT2D eigenvalue weighted by molar-refractivity contribution is 1.12. The molecule has 0 aliphatic rings. The maximum absolute atomic E-state index is 4.23. The highest BCUT2D eigenvalue weighted by molar-refractivity contribution is 5.80. The number of nitrogens with zero attached hydrogens (tertiary/aromatic N) is 2. The molecule has 0 bridgehead atoms. The lowest BCUT2D eigenvalue weighted by Crippen LogP contribution is -1.87. The average molecular weight is 158 g/mol. The maximum atomic E-state index is 4.23. The van der Waals surface area contributed by atoms with E-state index in [0.29, 0.717) is 0 Å². The van der Waals surface area contributed by atoms with Crippen molar-refractivity contribution in [3.05, 3.63) is 36.3 Å². The van der Waals surface area contributed by atoms with Crippen LogP contribution < -0.4 is 0 Å². The highest BCUT2D eigenvalue weighted by atomic mass is 14.7. The first-order chi connectivity index (χ1) is 5.92. The molecule has 0 atom stereocenters. The Morgan fingerprint density at radius 1 is 1.33 bits per heavy atom. The molecule has 0 aromatic carbocycles. The topological polar surface area (TPSA) is 25.8 Å². The molecular formula is C10H10N2. The highest BCUT2D eigenvalue weighted by Crippen LogP contribution is 2.14. The van der Waals surface area contributed by atoms with Crippen LogP contribution in [0.5, 0.6) is 0 Å². The molecule has 0 spiro atoms. The van der Waals surface area contributed by atoms with E-state index >= 15 is 0 Å². The summed E-state index contributed by atoms with van der Waals surface area (Å²) in [4.78, 5) is 8.35. The number of fused-ring (bicyclic) bond motifs is 1. The summed E-state index contributed by atoms with van der Waals surface area (Å²) in [5.41, 5.74) is 2.25. The van der Waals surface area contributed by atoms with Gasteiger partial charge in [-0.05, 0) is 18.1 Å². The van der Waals surface area contributed by atoms with Gasteiger partial charge in [0, 0.05) is 17.8 Å². The van der Waals surface area contributed by atoms with E-state index in [-0.39, 0.29) is 0 Å². The van der Waals surface area contributed by atoms with Crippen LogP contribution in [0.4, 0.5) is 0 Å². The lowest BCUT2D eigenvalue weighted by atomic mass is 10.1. The molecule has 2 aromatic rings. The van der Waals surface area contributed by atoms with Gasteiger partial charge in [-0.3, -0.25) is 9.97 Å². The number of rotatable bonds is 1. The van der Waals surface area contributed by atoms with E-state index in [4.69, 9.17) is 0 Å². The van der Waals surface area contributed by atoms with Crippen molar-refractivity contribution >= 4 is 10.9 Å². The number of hydrogen-bond donors (Lipinski definition) is 0. The Balaban J connectivity index is 2.79. The van der Waals surface area contributed by atoms with E-state index in [0.717, 1.165) is 11.9 Å². The molecule has 0 unspecified atom stereocenters. The summed E-state index contributed by atoms with van der Waals surface area (Å²) in [6, 6.07) is 4.05. The second-order valence-corrected chi connectivity index (χ2v) is 2.72. The summed E-state index contributed by atoms with van der Waals surface area (Å²) in [5.74, 6) is 0. The smallest absolute Gasteiger partial charge is 0.0887 e. The van der Waals surface area contributed by atoms with Gasteiger partial charge in [0.1, 0.15) is 0 Å². The molecule has 0 saturated heterocycles. The van der Waals surface area contributed by atoms with E-state index in [2.05, 4.69) is 23.0 Å². The third kappa shape index (κ3) is 1.05. The van der Waals surface area contributed by atoms with Crippen molar-refractivity contribution in [1.82, 2.24) is 9.97 Å². The zero-order valence-corrected chi connectivity index (χ0v) is 6.99. The third-order valence-electron chi connectivity index (χ3n) is 1.99. The molecule has 0 aliphatic carbocycles. The van der Waals surface area contributed by atoms with E-state index in [9.17, 15) is 0 Å². The van der Waals surface area contributed by atoms with Gasteiger partial charge in [0.15, 0.2) is 0 Å². The van der Waals surface area contributed by atoms with Crippen molar-refractivity contribution in [3.8, 4) is 0 Å². The quantitative estimate of drug-likeness (QED) is 0.635. The first-order valence-electron chi connectivity index (χ1n) is 4.09. The zero-order valence-electron chi connectivity index (χ0n) is 6.99. The molecule has 12 heavy (non-hydrogen) atoms. The van der Waals surface area contributed by atoms with Crippen LogP contribution in [0.15, 0.2) is 30.7 Å². The van der Waals surface area contributed by atoms with E-state index in [1.54, 1.807) is 12.4 Å². The summed E-state index contributed by atoms with van der Waals surface area (Å²) >= 11 is 0. The van der Waals surface area contributed by atoms with Gasteiger partial charge in [0.05, 0.1) is 11.7 Å². The summed E-state index contributed by atoms with van der Waals surface area (Å²) in [6.45, 7) is 2.13. The van der Waals surface area contributed by atoms with E-state index < -0.39 is 0 Å². The summed E-state index contributed by atoms with van der Waals surface area (Å²) in [7, 11) is 0. The van der Waals surface area contributed by atoms with Gasteiger partial charge in [-0.25, -0.2) is 0 Å². The van der Waals surface area contributed by atoms with Gasteiger partial charge in [-0.2, -0.15) is 0 Å². The van der Waals surface area contributed by atoms with Crippen molar-refractivity contribution in [3.63, 3.8) is 0 Å². The van der Waals surface area contributed by atoms with Gasteiger partial charge >= 0.3 is 0 Å². The first-order valence-corrected chi connectivity index (χ1v) is 4.09. The number of pyridine rings is 2. The Hall–Kier alpha value is -1.44. The minimum atomic E-state index is 0.983.